The van der Waals surface area contributed by atoms with Crippen molar-refractivity contribution in [1.82, 2.24) is 29.5 Å². The number of hydrogen-bond donors (Lipinski definition) is 0. The summed E-state index contributed by atoms with van der Waals surface area (Å²) in [6, 6.07) is 16.0. The molecule has 2 aliphatic rings. The maximum atomic E-state index is 15.6. The molecule has 2 aromatic heterocycles. The third-order valence-corrected chi connectivity index (χ3v) is 9.71. The van der Waals surface area contributed by atoms with Gasteiger partial charge in [0.05, 0.1) is 0 Å². The van der Waals surface area contributed by atoms with Crippen LogP contribution in [0.25, 0.3) is 22.3 Å². The van der Waals surface area contributed by atoms with Crippen LogP contribution in [0.1, 0.15) is 38.5 Å². The van der Waals surface area contributed by atoms with E-state index in [0.717, 1.165) is 49.6 Å². The summed E-state index contributed by atoms with van der Waals surface area (Å²) in [7, 11) is 4.07. The second kappa shape index (κ2) is 13.1. The van der Waals surface area contributed by atoms with Gasteiger partial charge in [-0.1, -0.05) is 12.8 Å². The number of aromatic nitrogens is 4. The maximum absolute atomic E-state index is 15.6. The normalized spacial score (nSPS) is 18.1. The summed E-state index contributed by atoms with van der Waals surface area (Å²) >= 11 is 1.30. The van der Waals surface area contributed by atoms with Crippen molar-refractivity contribution >= 4 is 38.3 Å². The third-order valence-electron chi connectivity index (χ3n) is 8.79. The number of nitriles is 1. The molecule has 6 rings (SSSR count). The van der Waals surface area contributed by atoms with Crippen LogP contribution >= 0.6 is 0 Å². The van der Waals surface area contributed by atoms with Crippen LogP contribution in [-0.2, 0) is 11.3 Å². The van der Waals surface area contributed by atoms with Gasteiger partial charge in [0, 0.05) is 0 Å². The van der Waals surface area contributed by atoms with Gasteiger partial charge in [-0.3, -0.25) is 0 Å². The third kappa shape index (κ3) is 6.51. The summed E-state index contributed by atoms with van der Waals surface area (Å²) in [5.41, 5.74) is 1.43. The van der Waals surface area contributed by atoms with Gasteiger partial charge in [-0.25, -0.2) is 0 Å². The van der Waals surface area contributed by atoms with Gasteiger partial charge in [-0.05, 0) is 14.1 Å². The number of likely N-dealkylation sites (tertiary alicyclic amines) is 1. The van der Waals surface area contributed by atoms with E-state index < -0.39 is 5.82 Å². The first-order chi connectivity index (χ1) is 21.8. The van der Waals surface area contributed by atoms with E-state index in [9.17, 15) is 10.1 Å². The van der Waals surface area contributed by atoms with E-state index >= 15 is 4.39 Å². The minimum atomic E-state index is -0.467. The predicted octanol–water partition coefficient (Wildman–Crippen LogP) is 4.25. The van der Waals surface area contributed by atoms with Gasteiger partial charge < -0.3 is 4.90 Å². The zero-order chi connectivity index (χ0) is 31.6. The number of para-hydroxylation sites is 1. The van der Waals surface area contributed by atoms with Crippen molar-refractivity contribution in [1.29, 1.82) is 5.26 Å². The number of halogens is 1. The summed E-state index contributed by atoms with van der Waals surface area (Å²) in [5.74, 6) is 0.309. The zero-order valence-corrected chi connectivity index (χ0v) is 28.0. The van der Waals surface area contributed by atoms with Crippen molar-refractivity contribution in [2.45, 2.75) is 51.1 Å². The molecule has 45 heavy (non-hydrogen) atoms. The van der Waals surface area contributed by atoms with E-state index in [1.165, 1.54) is 29.2 Å². The molecule has 2 unspecified atom stereocenters. The topological polar surface area (TPSA) is 100 Å². The zero-order valence-electron chi connectivity index (χ0n) is 25.6. The molecule has 1 aliphatic heterocycles. The molecular formula is C34H37AsFN7O2. The molecular weight excluding hydrogens is 632 g/mol. The molecule has 1 saturated heterocycles. The fraction of sp³-hybridized carbons (Fsp3) is 0.382. The Morgan fingerprint density at radius 2 is 1.93 bits per heavy atom. The molecule has 232 valence electrons. The molecule has 1 aliphatic carbocycles. The standard InChI is InChI=1S/C34H37AsFN7O2/c1-41(2)21-34(14-6-7-15-34)18-23(19-37)33(44)42-16-8-9-24(42)20-43-32-29(31(35)38-22-39-32)30(40-43)27-13-12-26(17-28(27)36)45-25-10-4-3-5-11-25/h3-5,10-13,17-18,22,24H,6-9,14-16,20-21,35H2,1-2H3. The summed E-state index contributed by atoms with van der Waals surface area (Å²) in [4.78, 5) is 26.7. The number of nitrogens with zero attached hydrogens (tertiary/aromatic N) is 7. The van der Waals surface area contributed by atoms with Crippen LogP contribution in [-0.4, -0.2) is 85.5 Å². The van der Waals surface area contributed by atoms with E-state index in [1.54, 1.807) is 16.8 Å². The number of amides is 1. The van der Waals surface area contributed by atoms with Crippen molar-refractivity contribution in [3.63, 3.8) is 0 Å². The number of hydrogen-bond acceptors (Lipinski definition) is 7. The first kappa shape index (κ1) is 30.9. The molecule has 0 spiro atoms. The first-order valence-electron chi connectivity index (χ1n) is 15.4. The van der Waals surface area contributed by atoms with Crippen LogP contribution in [0.5, 0.6) is 11.5 Å². The van der Waals surface area contributed by atoms with E-state index in [-0.39, 0.29) is 22.9 Å². The van der Waals surface area contributed by atoms with Crippen LogP contribution in [0.3, 0.4) is 0 Å². The first-order valence-corrected chi connectivity index (χ1v) is 16.6. The quantitative estimate of drug-likeness (QED) is 0.149. The molecule has 0 bridgehead atoms. The van der Waals surface area contributed by atoms with Gasteiger partial charge in [-0.2, -0.15) is 0 Å². The monoisotopic (exact) mass is 669 g/mol. The van der Waals surface area contributed by atoms with Crippen molar-refractivity contribution < 1.29 is 13.9 Å². The Morgan fingerprint density at radius 1 is 1.16 bits per heavy atom. The van der Waals surface area contributed by atoms with E-state index in [2.05, 4.69) is 20.9 Å². The second-order valence-electron chi connectivity index (χ2n) is 12.3. The van der Waals surface area contributed by atoms with E-state index in [4.69, 9.17) is 9.84 Å². The molecule has 2 fully saturated rings. The number of carbonyl (C=O) groups is 1. The molecule has 3 heterocycles. The number of benzene rings is 2. The van der Waals surface area contributed by atoms with Gasteiger partial charge >= 0.3 is 240 Å². The van der Waals surface area contributed by atoms with Gasteiger partial charge in [0.1, 0.15) is 0 Å². The number of ether oxygens (including phenoxy) is 1. The van der Waals surface area contributed by atoms with Crippen LogP contribution in [0.15, 0.2) is 66.5 Å². The van der Waals surface area contributed by atoms with Gasteiger partial charge in [0.15, 0.2) is 0 Å². The summed E-state index contributed by atoms with van der Waals surface area (Å²) in [5, 5.41) is 15.7. The fourth-order valence-corrected chi connectivity index (χ4v) is 7.57. The van der Waals surface area contributed by atoms with Crippen LogP contribution in [0.4, 0.5) is 4.39 Å². The SMILES string of the molecule is CN(C)CC1(C=C(C#N)C(=O)N2CCCC2Cn2nc(-c3ccc(Oc4ccccc4)cc3F)c3c([AsH2])ncnc32)CCCC1. The summed E-state index contributed by atoms with van der Waals surface area (Å²) in [6.45, 7) is 1.77. The Balaban J connectivity index is 1.29. The van der Waals surface area contributed by atoms with Gasteiger partial charge in [-0.15, -0.1) is 0 Å². The molecule has 4 aromatic rings. The summed E-state index contributed by atoms with van der Waals surface area (Å²) in [6.07, 6.45) is 9.21. The average Bonchev–Trinajstić information content (AvgIpc) is 3.76. The fourth-order valence-electron chi connectivity index (χ4n) is 6.87. The molecule has 2 atom stereocenters. The van der Waals surface area contributed by atoms with Crippen molar-refractivity contribution in [2.75, 3.05) is 27.2 Å². The minimum absolute atomic E-state index is 0.158. The molecule has 2 aromatic carbocycles. The molecule has 0 N–H and O–H groups in total. The Morgan fingerprint density at radius 3 is 2.64 bits per heavy atom. The molecule has 0 radical (unpaired) electrons. The Labute approximate surface area is 271 Å². The molecule has 9 nitrogen and oxygen atoms in total. The molecule has 1 saturated carbocycles. The number of fused-ring (bicyclic) bond motifs is 1. The number of rotatable bonds is 9. The van der Waals surface area contributed by atoms with E-state index in [1.807, 2.05) is 55.4 Å². The molecule has 1 amide bonds. The second-order valence-corrected chi connectivity index (χ2v) is 13.5. The number of carbonyl (C=O) groups excluding carboxylic acids is 1. The van der Waals surface area contributed by atoms with E-state index in [0.29, 0.717) is 46.9 Å². The predicted molar refractivity (Wildman–Crippen MR) is 173 cm³/mol. The van der Waals surface area contributed by atoms with Gasteiger partial charge in [0.25, 0.3) is 0 Å². The van der Waals surface area contributed by atoms with Crippen LogP contribution < -0.4 is 9.22 Å². The van der Waals surface area contributed by atoms with Crippen molar-refractivity contribution in [3.8, 4) is 28.8 Å². The Bertz CT molecular complexity index is 1780. The summed E-state index contributed by atoms with van der Waals surface area (Å²) < 4.78 is 24.0. The van der Waals surface area contributed by atoms with Crippen LogP contribution in [0, 0.1) is 22.6 Å². The minimum Gasteiger partial charge on any atom is -0.0524 e. The molecule has 11 heteroatoms. The Hall–Kier alpha value is -4.06. The van der Waals surface area contributed by atoms with Crippen LogP contribution in [0.2, 0.25) is 0 Å². The smallest absolute Gasteiger partial charge is 0.0524 e. The van der Waals surface area contributed by atoms with Gasteiger partial charge in [0.2, 0.25) is 0 Å². The Kier molecular flexibility index (Phi) is 9.02. The van der Waals surface area contributed by atoms with Crippen molar-refractivity contribution in [2.24, 2.45) is 5.41 Å². The van der Waals surface area contributed by atoms with Crippen molar-refractivity contribution in [3.05, 3.63) is 72.3 Å². The average molecular weight is 670 g/mol.